The van der Waals surface area contributed by atoms with E-state index in [-0.39, 0.29) is 12.1 Å². The van der Waals surface area contributed by atoms with E-state index in [1.54, 1.807) is 0 Å². The van der Waals surface area contributed by atoms with Crippen LogP contribution in [0.2, 0.25) is 0 Å². The number of halogens is 2. The van der Waals surface area contributed by atoms with Crippen LogP contribution in [0.15, 0.2) is 18.3 Å². The molecule has 0 saturated heterocycles. The van der Waals surface area contributed by atoms with Crippen LogP contribution in [0, 0.1) is 0 Å². The second-order valence-electron chi connectivity index (χ2n) is 2.26. The first-order valence-corrected chi connectivity index (χ1v) is 3.40. The summed E-state index contributed by atoms with van der Waals surface area (Å²) < 4.78 is 23.9. The van der Waals surface area contributed by atoms with Gasteiger partial charge in [-0.1, -0.05) is 6.07 Å². The summed E-state index contributed by atoms with van der Waals surface area (Å²) in [7, 11) is 0. The fourth-order valence-corrected chi connectivity index (χ4v) is 0.782. The quantitative estimate of drug-likeness (QED) is 0.648. The molecule has 0 aliphatic rings. The van der Waals surface area contributed by atoms with Crippen LogP contribution in [0.3, 0.4) is 0 Å². The third-order valence-electron chi connectivity index (χ3n) is 1.39. The summed E-state index contributed by atoms with van der Waals surface area (Å²) in [5.74, 6) is 0. The van der Waals surface area contributed by atoms with Crippen molar-refractivity contribution in [1.29, 1.82) is 0 Å². The van der Waals surface area contributed by atoms with Crippen LogP contribution in [-0.2, 0) is 11.2 Å². The van der Waals surface area contributed by atoms with Crippen LogP contribution in [0.1, 0.15) is 17.7 Å². The Bertz CT molecular complexity index is 258. The second kappa shape index (κ2) is 3.90. The number of pyridine rings is 1. The molecular formula is C8H7F2NO. The third-order valence-corrected chi connectivity index (χ3v) is 1.39. The Morgan fingerprint density at radius 3 is 2.67 bits per heavy atom. The lowest BCUT2D eigenvalue weighted by molar-refractivity contribution is -0.107. The molecule has 0 saturated carbocycles. The highest BCUT2D eigenvalue weighted by molar-refractivity contribution is 5.54. The molecule has 0 unspecified atom stereocenters. The van der Waals surface area contributed by atoms with E-state index in [2.05, 4.69) is 4.98 Å². The zero-order chi connectivity index (χ0) is 8.97. The molecule has 0 aromatic carbocycles. The van der Waals surface area contributed by atoms with Gasteiger partial charge in [0.2, 0.25) is 0 Å². The fourth-order valence-electron chi connectivity index (χ4n) is 0.782. The Morgan fingerprint density at radius 1 is 1.50 bits per heavy atom. The second-order valence-corrected chi connectivity index (χ2v) is 2.26. The minimum Gasteiger partial charge on any atom is -0.303 e. The smallest absolute Gasteiger partial charge is 0.280 e. The van der Waals surface area contributed by atoms with Crippen molar-refractivity contribution in [1.82, 2.24) is 4.98 Å². The molecule has 1 rings (SSSR count). The van der Waals surface area contributed by atoms with Gasteiger partial charge in [0.05, 0.1) is 0 Å². The Balaban J connectivity index is 2.78. The van der Waals surface area contributed by atoms with Crippen LogP contribution < -0.4 is 0 Å². The van der Waals surface area contributed by atoms with Gasteiger partial charge >= 0.3 is 0 Å². The highest BCUT2D eigenvalue weighted by Gasteiger charge is 2.06. The van der Waals surface area contributed by atoms with E-state index in [4.69, 9.17) is 0 Å². The number of aromatic nitrogens is 1. The molecule has 0 bridgehead atoms. The molecule has 0 atom stereocenters. The first-order chi connectivity index (χ1) is 5.74. The summed E-state index contributed by atoms with van der Waals surface area (Å²) >= 11 is 0. The molecule has 0 fully saturated rings. The van der Waals surface area contributed by atoms with E-state index in [0.717, 1.165) is 0 Å². The molecule has 1 aromatic rings. The SMILES string of the molecule is O=CCc1ccc(C(F)F)nc1. The maximum atomic E-state index is 12.0. The van der Waals surface area contributed by atoms with Gasteiger partial charge in [-0.05, 0) is 11.6 Å². The number of hydrogen-bond acceptors (Lipinski definition) is 2. The zero-order valence-corrected chi connectivity index (χ0v) is 6.21. The Hall–Kier alpha value is -1.32. The molecule has 0 N–H and O–H groups in total. The number of rotatable bonds is 3. The summed E-state index contributed by atoms with van der Waals surface area (Å²) in [6.07, 6.45) is -0.332. The number of aldehydes is 1. The van der Waals surface area contributed by atoms with Gasteiger partial charge in [-0.2, -0.15) is 0 Å². The highest BCUT2D eigenvalue weighted by atomic mass is 19.3. The lowest BCUT2D eigenvalue weighted by Gasteiger charge is -1.98. The predicted molar refractivity (Wildman–Crippen MR) is 39.0 cm³/mol. The fraction of sp³-hybridized carbons (Fsp3) is 0.250. The summed E-state index contributed by atoms with van der Waals surface area (Å²) in [5, 5.41) is 0. The van der Waals surface area contributed by atoms with Gasteiger partial charge in [0.25, 0.3) is 6.43 Å². The first kappa shape index (κ1) is 8.77. The van der Waals surface area contributed by atoms with Crippen molar-refractivity contribution < 1.29 is 13.6 Å². The third kappa shape index (κ3) is 2.08. The topological polar surface area (TPSA) is 30.0 Å². The van der Waals surface area contributed by atoms with Gasteiger partial charge in [-0.3, -0.25) is 4.98 Å². The molecule has 12 heavy (non-hydrogen) atoms. The summed E-state index contributed by atoms with van der Waals surface area (Å²) in [6.45, 7) is 0. The Morgan fingerprint density at radius 2 is 2.25 bits per heavy atom. The van der Waals surface area contributed by atoms with Gasteiger partial charge in [0, 0.05) is 12.6 Å². The minimum absolute atomic E-state index is 0.219. The number of hydrogen-bond donors (Lipinski definition) is 0. The molecule has 0 spiro atoms. The molecule has 1 heterocycles. The first-order valence-electron chi connectivity index (χ1n) is 3.40. The molecule has 0 amide bonds. The average Bonchev–Trinajstić information content (AvgIpc) is 2.06. The summed E-state index contributed by atoms with van der Waals surface area (Å²) in [4.78, 5) is 13.5. The Kier molecular flexibility index (Phi) is 2.85. The molecular weight excluding hydrogens is 164 g/mol. The largest absolute Gasteiger partial charge is 0.303 e. The monoisotopic (exact) mass is 171 g/mol. The Labute approximate surface area is 68.2 Å². The van der Waals surface area contributed by atoms with E-state index in [0.29, 0.717) is 11.8 Å². The molecule has 64 valence electrons. The van der Waals surface area contributed by atoms with E-state index >= 15 is 0 Å². The predicted octanol–water partition coefficient (Wildman–Crippen LogP) is 1.76. The van der Waals surface area contributed by atoms with E-state index in [1.165, 1.54) is 18.3 Å². The van der Waals surface area contributed by atoms with Crippen LogP contribution in [0.5, 0.6) is 0 Å². The lowest BCUT2D eigenvalue weighted by Crippen LogP contribution is -1.92. The molecule has 0 radical (unpaired) electrons. The van der Waals surface area contributed by atoms with Crippen LogP contribution in [0.25, 0.3) is 0 Å². The van der Waals surface area contributed by atoms with E-state index < -0.39 is 6.43 Å². The van der Waals surface area contributed by atoms with Crippen molar-refractivity contribution in [2.75, 3.05) is 0 Å². The van der Waals surface area contributed by atoms with Crippen molar-refractivity contribution in [2.45, 2.75) is 12.8 Å². The average molecular weight is 171 g/mol. The van der Waals surface area contributed by atoms with Crippen molar-refractivity contribution in [3.8, 4) is 0 Å². The minimum atomic E-state index is -2.55. The number of nitrogens with zero attached hydrogens (tertiary/aromatic N) is 1. The standard InChI is InChI=1S/C8H7F2NO/c9-8(10)7-2-1-6(3-4-12)5-11-7/h1-2,4-5,8H,3H2. The summed E-state index contributed by atoms with van der Waals surface area (Å²) in [5.41, 5.74) is 0.388. The number of alkyl halides is 2. The van der Waals surface area contributed by atoms with Gasteiger partial charge in [-0.15, -0.1) is 0 Å². The van der Waals surface area contributed by atoms with Crippen molar-refractivity contribution in [3.63, 3.8) is 0 Å². The van der Waals surface area contributed by atoms with Crippen LogP contribution in [-0.4, -0.2) is 11.3 Å². The highest BCUT2D eigenvalue weighted by Crippen LogP contribution is 2.15. The maximum absolute atomic E-state index is 12.0. The zero-order valence-electron chi connectivity index (χ0n) is 6.21. The van der Waals surface area contributed by atoms with Crippen LogP contribution in [0.4, 0.5) is 8.78 Å². The summed E-state index contributed by atoms with van der Waals surface area (Å²) in [6, 6.07) is 2.70. The van der Waals surface area contributed by atoms with Crippen LogP contribution >= 0.6 is 0 Å². The molecule has 0 aliphatic heterocycles. The lowest BCUT2D eigenvalue weighted by atomic mass is 10.2. The molecule has 2 nitrogen and oxygen atoms in total. The van der Waals surface area contributed by atoms with E-state index in [9.17, 15) is 13.6 Å². The molecule has 4 heteroatoms. The van der Waals surface area contributed by atoms with Gasteiger partial charge in [0.1, 0.15) is 12.0 Å². The van der Waals surface area contributed by atoms with Gasteiger partial charge in [-0.25, -0.2) is 8.78 Å². The van der Waals surface area contributed by atoms with Crippen molar-refractivity contribution >= 4 is 6.29 Å². The van der Waals surface area contributed by atoms with Crippen molar-refractivity contribution in [2.24, 2.45) is 0 Å². The molecule has 0 aliphatic carbocycles. The molecule has 1 aromatic heterocycles. The number of carbonyl (C=O) groups is 1. The van der Waals surface area contributed by atoms with Crippen molar-refractivity contribution in [3.05, 3.63) is 29.6 Å². The number of carbonyl (C=O) groups excluding carboxylic acids is 1. The van der Waals surface area contributed by atoms with Gasteiger partial charge < -0.3 is 4.79 Å². The van der Waals surface area contributed by atoms with E-state index in [1.807, 2.05) is 0 Å². The maximum Gasteiger partial charge on any atom is 0.280 e. The van der Waals surface area contributed by atoms with Gasteiger partial charge in [0.15, 0.2) is 0 Å². The normalized spacial score (nSPS) is 10.2.